The lowest BCUT2D eigenvalue weighted by molar-refractivity contribution is -0.0223. The Morgan fingerprint density at radius 2 is 0.514 bits per heavy atom. The van der Waals surface area contributed by atoms with Crippen molar-refractivity contribution in [2.45, 2.75) is 26.1 Å². The molecule has 0 fully saturated rings. The molecule has 0 rings (SSSR count). The first-order valence-electron chi connectivity index (χ1n) is 11.8. The molecule has 0 aromatic heterocycles. The molecule has 0 aliphatic carbocycles. The third-order valence-electron chi connectivity index (χ3n) is 3.23. The van der Waals surface area contributed by atoms with Crippen LogP contribution in [0.25, 0.3) is 0 Å². The third-order valence-corrected chi connectivity index (χ3v) is 3.23. The summed E-state index contributed by atoms with van der Waals surface area (Å²) in [6.07, 6.45) is -1.12. The molecule has 6 N–H and O–H groups in total. The Hall–Kier alpha value is -0.520. The molecule has 0 saturated carbocycles. The van der Waals surface area contributed by atoms with Gasteiger partial charge in [-0.1, -0.05) is 0 Å². The van der Waals surface area contributed by atoms with Crippen molar-refractivity contribution in [1.29, 1.82) is 0 Å². The van der Waals surface area contributed by atoms with E-state index in [1.165, 1.54) is 13.8 Å². The third kappa shape index (κ3) is 51.1. The van der Waals surface area contributed by atoms with Crippen molar-refractivity contribution in [3.05, 3.63) is 0 Å². The summed E-state index contributed by atoms with van der Waals surface area (Å²) in [5.41, 5.74) is 0. The molecule has 0 aliphatic heterocycles. The number of aliphatic hydroxyl groups is 6. The number of aliphatic hydroxyl groups excluding tert-OH is 6. The molecule has 0 saturated heterocycles. The Labute approximate surface area is 209 Å². The molecular formula is C22H50O13. The quantitative estimate of drug-likeness (QED) is 0.0751. The van der Waals surface area contributed by atoms with Gasteiger partial charge in [0, 0.05) is 0 Å². The largest absolute Gasteiger partial charge is 0.394 e. The lowest BCUT2D eigenvalue weighted by Crippen LogP contribution is -2.14. The summed E-state index contributed by atoms with van der Waals surface area (Å²) in [5, 5.41) is 49.0. The van der Waals surface area contributed by atoms with Gasteiger partial charge < -0.3 is 63.8 Å². The van der Waals surface area contributed by atoms with Gasteiger partial charge in [-0.3, -0.25) is 0 Å². The predicted molar refractivity (Wildman–Crippen MR) is 127 cm³/mol. The Morgan fingerprint density at radius 1 is 0.371 bits per heavy atom. The maximum atomic E-state index is 8.50. The second-order valence-electron chi connectivity index (χ2n) is 6.80. The average molecular weight is 523 g/mol. The van der Waals surface area contributed by atoms with E-state index in [0.717, 1.165) is 0 Å². The van der Waals surface area contributed by atoms with Crippen LogP contribution in [0.5, 0.6) is 0 Å². The van der Waals surface area contributed by atoms with Gasteiger partial charge in [0.05, 0.1) is 131 Å². The van der Waals surface area contributed by atoms with Crippen LogP contribution in [0.15, 0.2) is 0 Å². The molecule has 0 radical (unpaired) electrons. The van der Waals surface area contributed by atoms with Gasteiger partial charge in [-0.2, -0.15) is 0 Å². The maximum Gasteiger partial charge on any atom is 0.0742 e. The summed E-state index contributed by atoms with van der Waals surface area (Å²) in [7, 11) is 0. The van der Waals surface area contributed by atoms with Gasteiger partial charge in [0.25, 0.3) is 0 Å². The van der Waals surface area contributed by atoms with E-state index >= 15 is 0 Å². The molecule has 13 nitrogen and oxygen atoms in total. The van der Waals surface area contributed by atoms with E-state index in [9.17, 15) is 0 Å². The standard InChI is InChI=1S/C16H34O9.2C3H8O2/c17-1-3-19-5-7-21-9-11-23-13-15-25-16-14-24-12-10-22-8-6-20-4-2-18;2*1-3(5)2-4/h17-18H,1-16H2;2*3-5H,2H2,1H3. The van der Waals surface area contributed by atoms with Crippen LogP contribution in [0.2, 0.25) is 0 Å². The molecule has 0 aromatic rings. The highest BCUT2D eigenvalue weighted by molar-refractivity contribution is 4.37. The first kappa shape index (κ1) is 39.0. The van der Waals surface area contributed by atoms with Crippen LogP contribution in [-0.4, -0.2) is 162 Å². The van der Waals surface area contributed by atoms with Crippen molar-refractivity contribution >= 4 is 0 Å². The summed E-state index contributed by atoms with van der Waals surface area (Å²) in [5.74, 6) is 0. The highest BCUT2D eigenvalue weighted by Crippen LogP contribution is 1.85. The first-order chi connectivity index (χ1) is 17.0. The Morgan fingerprint density at radius 3 is 0.629 bits per heavy atom. The molecule has 0 amide bonds. The van der Waals surface area contributed by atoms with Crippen LogP contribution < -0.4 is 0 Å². The van der Waals surface area contributed by atoms with Crippen LogP contribution in [0.3, 0.4) is 0 Å². The average Bonchev–Trinajstić information content (AvgIpc) is 2.85. The van der Waals surface area contributed by atoms with Gasteiger partial charge in [-0.05, 0) is 13.8 Å². The first-order valence-corrected chi connectivity index (χ1v) is 11.8. The van der Waals surface area contributed by atoms with E-state index in [0.29, 0.717) is 92.5 Å². The van der Waals surface area contributed by atoms with Crippen molar-refractivity contribution in [2.24, 2.45) is 0 Å². The molecule has 0 aliphatic rings. The summed E-state index contributed by atoms with van der Waals surface area (Å²) in [6, 6.07) is 0. The monoisotopic (exact) mass is 522 g/mol. The second kappa shape index (κ2) is 38.0. The van der Waals surface area contributed by atoms with E-state index < -0.39 is 12.2 Å². The maximum absolute atomic E-state index is 8.50. The van der Waals surface area contributed by atoms with Gasteiger partial charge in [0.15, 0.2) is 0 Å². The summed E-state index contributed by atoms with van der Waals surface area (Å²) in [6.45, 7) is 9.58. The van der Waals surface area contributed by atoms with Crippen molar-refractivity contribution in [2.75, 3.05) is 119 Å². The van der Waals surface area contributed by atoms with Crippen LogP contribution in [-0.2, 0) is 33.2 Å². The second-order valence-corrected chi connectivity index (χ2v) is 6.80. The Bertz CT molecular complexity index is 306. The van der Waals surface area contributed by atoms with Crippen molar-refractivity contribution < 1.29 is 63.8 Å². The number of hydrogen-bond acceptors (Lipinski definition) is 13. The highest BCUT2D eigenvalue weighted by atomic mass is 16.6. The van der Waals surface area contributed by atoms with Gasteiger partial charge in [0.1, 0.15) is 0 Å². The predicted octanol–water partition coefficient (Wildman–Crippen LogP) is -2.19. The van der Waals surface area contributed by atoms with E-state index in [1.54, 1.807) is 0 Å². The summed E-state index contributed by atoms with van der Waals surface area (Å²) < 4.78 is 36.7. The minimum atomic E-state index is -0.560. The van der Waals surface area contributed by atoms with Crippen molar-refractivity contribution in [3.63, 3.8) is 0 Å². The Kier molecular flexibility index (Phi) is 42.4. The van der Waals surface area contributed by atoms with Gasteiger partial charge >= 0.3 is 0 Å². The smallest absolute Gasteiger partial charge is 0.0742 e. The molecule has 13 heteroatoms. The van der Waals surface area contributed by atoms with Gasteiger partial charge in [-0.25, -0.2) is 0 Å². The molecule has 216 valence electrons. The normalized spacial score (nSPS) is 12.3. The van der Waals surface area contributed by atoms with Crippen LogP contribution in [0, 0.1) is 0 Å². The van der Waals surface area contributed by atoms with Crippen molar-refractivity contribution in [1.82, 2.24) is 0 Å². The topological polar surface area (TPSA) is 186 Å². The molecular weight excluding hydrogens is 472 g/mol. The van der Waals surface area contributed by atoms with E-state index in [-0.39, 0.29) is 26.4 Å². The molecule has 2 atom stereocenters. The fourth-order valence-corrected chi connectivity index (χ4v) is 1.55. The minimum absolute atomic E-state index is 0.0312. The van der Waals surface area contributed by atoms with E-state index in [2.05, 4.69) is 0 Å². The molecule has 0 bridgehead atoms. The Balaban J connectivity index is -0.000000853. The van der Waals surface area contributed by atoms with Crippen LogP contribution in [0.4, 0.5) is 0 Å². The number of ether oxygens (including phenoxy) is 7. The van der Waals surface area contributed by atoms with E-state index in [1.807, 2.05) is 0 Å². The zero-order valence-corrected chi connectivity index (χ0v) is 21.4. The number of rotatable bonds is 24. The molecule has 0 heterocycles. The zero-order valence-electron chi connectivity index (χ0n) is 21.4. The fraction of sp³-hybridized carbons (Fsp3) is 1.00. The summed E-state index contributed by atoms with van der Waals surface area (Å²) >= 11 is 0. The summed E-state index contributed by atoms with van der Waals surface area (Å²) in [4.78, 5) is 0. The van der Waals surface area contributed by atoms with E-state index in [4.69, 9.17) is 63.8 Å². The SMILES string of the molecule is CC(O)CO.CC(O)CO.OCCOCCOCCOCCOCCOCCOCCOCCO. The van der Waals surface area contributed by atoms with Crippen molar-refractivity contribution in [3.8, 4) is 0 Å². The molecule has 0 aromatic carbocycles. The zero-order chi connectivity index (χ0) is 26.8. The van der Waals surface area contributed by atoms with Crippen LogP contribution >= 0.6 is 0 Å². The van der Waals surface area contributed by atoms with Gasteiger partial charge in [0.2, 0.25) is 0 Å². The van der Waals surface area contributed by atoms with Crippen LogP contribution in [0.1, 0.15) is 13.8 Å². The molecule has 0 spiro atoms. The molecule has 35 heavy (non-hydrogen) atoms. The van der Waals surface area contributed by atoms with Gasteiger partial charge in [-0.15, -0.1) is 0 Å². The lowest BCUT2D eigenvalue weighted by Gasteiger charge is -2.08. The molecule has 2 unspecified atom stereocenters. The lowest BCUT2D eigenvalue weighted by atomic mass is 10.5. The minimum Gasteiger partial charge on any atom is -0.394 e. The fourth-order valence-electron chi connectivity index (χ4n) is 1.55. The highest BCUT2D eigenvalue weighted by Gasteiger charge is 1.94. The number of hydrogen-bond donors (Lipinski definition) is 6.